The smallest absolute Gasteiger partial charge is 0.258 e. The van der Waals surface area contributed by atoms with Crippen molar-refractivity contribution in [3.05, 3.63) is 71.6 Å². The van der Waals surface area contributed by atoms with Gasteiger partial charge in [-0.1, -0.05) is 18.0 Å². The first-order valence-electron chi connectivity index (χ1n) is 12.9. The van der Waals surface area contributed by atoms with E-state index in [1.165, 1.54) is 12.8 Å². The Bertz CT molecular complexity index is 1520. The second-order valence-corrected chi connectivity index (χ2v) is 9.65. The van der Waals surface area contributed by atoms with Crippen molar-refractivity contribution in [2.75, 3.05) is 13.7 Å². The Morgan fingerprint density at radius 2 is 2.08 bits per heavy atom. The molecule has 1 aliphatic carbocycles. The van der Waals surface area contributed by atoms with Gasteiger partial charge in [-0.15, -0.1) is 0 Å². The molecule has 1 aliphatic heterocycles. The van der Waals surface area contributed by atoms with Crippen LogP contribution in [0.5, 0.6) is 11.5 Å². The van der Waals surface area contributed by atoms with Gasteiger partial charge in [0.1, 0.15) is 5.82 Å². The highest BCUT2D eigenvalue weighted by Crippen LogP contribution is 2.34. The highest BCUT2D eigenvalue weighted by atomic mass is 16.5. The van der Waals surface area contributed by atoms with Crippen molar-refractivity contribution in [3.8, 4) is 28.6 Å². The number of ether oxygens (including phenoxy) is 2. The highest BCUT2D eigenvalue weighted by Gasteiger charge is 2.23. The molecule has 2 amide bonds. The molecule has 1 fully saturated rings. The third-order valence-corrected chi connectivity index (χ3v) is 7.02. The molecule has 4 aromatic rings. The number of amides is 2. The van der Waals surface area contributed by atoms with Crippen molar-refractivity contribution < 1.29 is 23.6 Å². The number of hydrogen-bond acceptors (Lipinski definition) is 8. The molecule has 200 valence electrons. The van der Waals surface area contributed by atoms with Crippen LogP contribution in [-0.4, -0.2) is 45.2 Å². The second kappa shape index (κ2) is 10.6. The summed E-state index contributed by atoms with van der Waals surface area (Å²) in [5, 5.41) is 9.79. The summed E-state index contributed by atoms with van der Waals surface area (Å²) in [5.74, 6) is 2.40. The number of benzene rings is 2. The van der Waals surface area contributed by atoms with E-state index >= 15 is 0 Å². The molecule has 39 heavy (non-hydrogen) atoms. The maximum Gasteiger partial charge on any atom is 0.258 e. The summed E-state index contributed by atoms with van der Waals surface area (Å²) in [6.07, 6.45) is 7.97. The van der Waals surface area contributed by atoms with Crippen LogP contribution in [0.2, 0.25) is 0 Å². The number of nitrogens with one attached hydrogen (secondary N) is 2. The fourth-order valence-corrected chi connectivity index (χ4v) is 5.03. The van der Waals surface area contributed by atoms with Gasteiger partial charge in [-0.2, -0.15) is 4.98 Å². The van der Waals surface area contributed by atoms with Crippen LogP contribution in [0.15, 0.2) is 53.3 Å². The van der Waals surface area contributed by atoms with E-state index in [4.69, 9.17) is 14.0 Å². The number of fused-ring (bicyclic) bond motifs is 7. The van der Waals surface area contributed by atoms with Crippen molar-refractivity contribution >= 4 is 11.8 Å². The standard InChI is InChI=1S/C28H28N6O5/c1-37-22-7-6-19-13-23(22)38-16-25(35)30-14-17-10-20(12-21(11-17)34-9-8-29-26(19)34)27(36)31-15-24-32-28(39-33-24)18-4-2-3-5-18/h6-13,18H,2-5,14-16H2,1H3,(H,30,35)(H,31,36). The van der Waals surface area contributed by atoms with E-state index in [9.17, 15) is 9.59 Å². The van der Waals surface area contributed by atoms with Crippen molar-refractivity contribution in [2.45, 2.75) is 44.7 Å². The Labute approximate surface area is 224 Å². The molecule has 4 bridgehead atoms. The molecule has 11 heteroatoms. The van der Waals surface area contributed by atoms with Crippen molar-refractivity contribution in [1.29, 1.82) is 0 Å². The van der Waals surface area contributed by atoms with Crippen molar-refractivity contribution in [1.82, 2.24) is 30.3 Å². The van der Waals surface area contributed by atoms with Gasteiger partial charge in [-0.25, -0.2) is 4.98 Å². The third kappa shape index (κ3) is 5.20. The highest BCUT2D eigenvalue weighted by molar-refractivity contribution is 5.95. The van der Waals surface area contributed by atoms with Crippen LogP contribution >= 0.6 is 0 Å². The van der Waals surface area contributed by atoms with Gasteiger partial charge < -0.3 is 24.6 Å². The lowest BCUT2D eigenvalue weighted by atomic mass is 10.1. The van der Waals surface area contributed by atoms with Crippen LogP contribution in [0, 0.1) is 0 Å². The molecule has 11 nitrogen and oxygen atoms in total. The monoisotopic (exact) mass is 528 g/mol. The SMILES string of the molecule is COc1ccc2cc1OCC(=O)NCc1cc(C(=O)NCc3noc(C4CCCC4)n3)cc(c1)-n1ccnc1-2. The average Bonchev–Trinajstić information content (AvgIpc) is 3.74. The molecule has 1 saturated carbocycles. The molecule has 2 N–H and O–H groups in total. The molecule has 2 aliphatic rings. The number of carbonyl (C=O) groups is 2. The number of carbonyl (C=O) groups excluding carboxylic acids is 2. The van der Waals surface area contributed by atoms with Crippen molar-refractivity contribution in [3.63, 3.8) is 0 Å². The van der Waals surface area contributed by atoms with Gasteiger partial charge in [0.05, 0.1) is 13.7 Å². The molecule has 0 radical (unpaired) electrons. The van der Waals surface area contributed by atoms with Gasteiger partial charge >= 0.3 is 0 Å². The minimum absolute atomic E-state index is 0.146. The molecule has 3 heterocycles. The van der Waals surface area contributed by atoms with Gasteiger partial charge in [-0.3, -0.25) is 14.2 Å². The summed E-state index contributed by atoms with van der Waals surface area (Å²) in [5.41, 5.74) is 2.66. The quantitative estimate of drug-likeness (QED) is 0.402. The molecule has 0 unspecified atom stereocenters. The normalized spacial score (nSPS) is 15.3. The topological polar surface area (TPSA) is 133 Å². The van der Waals surface area contributed by atoms with Crippen LogP contribution in [0.1, 0.15) is 59.2 Å². The van der Waals surface area contributed by atoms with Gasteiger partial charge in [0, 0.05) is 41.7 Å². The zero-order chi connectivity index (χ0) is 26.8. The Balaban J connectivity index is 1.30. The number of hydrogen-bond donors (Lipinski definition) is 2. The molecule has 2 aromatic heterocycles. The third-order valence-electron chi connectivity index (χ3n) is 7.02. The average molecular weight is 529 g/mol. The summed E-state index contributed by atoms with van der Waals surface area (Å²) >= 11 is 0. The Hall–Kier alpha value is -4.67. The molecular weight excluding hydrogens is 500 g/mol. The van der Waals surface area contributed by atoms with E-state index in [-0.39, 0.29) is 31.5 Å². The number of methoxy groups -OCH3 is 1. The van der Waals surface area contributed by atoms with E-state index in [2.05, 4.69) is 25.8 Å². The van der Waals surface area contributed by atoms with Gasteiger partial charge in [0.2, 0.25) is 5.89 Å². The van der Waals surface area contributed by atoms with Gasteiger partial charge in [0.15, 0.2) is 23.9 Å². The predicted octanol–water partition coefficient (Wildman–Crippen LogP) is 3.53. The van der Waals surface area contributed by atoms with E-state index in [0.29, 0.717) is 40.5 Å². The summed E-state index contributed by atoms with van der Waals surface area (Å²) in [6, 6.07) is 10.9. The Morgan fingerprint density at radius 3 is 2.92 bits per heavy atom. The predicted molar refractivity (Wildman–Crippen MR) is 140 cm³/mol. The van der Waals surface area contributed by atoms with Gasteiger partial charge in [0.25, 0.3) is 11.8 Å². The van der Waals surface area contributed by atoms with Crippen LogP contribution < -0.4 is 20.1 Å². The minimum atomic E-state index is -0.300. The van der Waals surface area contributed by atoms with Crippen LogP contribution in [-0.2, 0) is 17.9 Å². The van der Waals surface area contributed by atoms with E-state index < -0.39 is 0 Å². The largest absolute Gasteiger partial charge is 0.493 e. The molecule has 0 atom stereocenters. The maximum absolute atomic E-state index is 13.2. The fraction of sp³-hybridized carbons (Fsp3) is 0.321. The number of aromatic nitrogens is 4. The Kier molecular flexibility index (Phi) is 6.70. The zero-order valence-electron chi connectivity index (χ0n) is 21.5. The lowest BCUT2D eigenvalue weighted by Gasteiger charge is -2.13. The summed E-state index contributed by atoms with van der Waals surface area (Å²) in [4.78, 5) is 34.8. The molecule has 0 spiro atoms. The van der Waals surface area contributed by atoms with E-state index in [1.807, 2.05) is 22.9 Å². The number of rotatable bonds is 5. The minimum Gasteiger partial charge on any atom is -0.493 e. The summed E-state index contributed by atoms with van der Waals surface area (Å²) in [6.45, 7) is 0.174. The van der Waals surface area contributed by atoms with Crippen LogP contribution in [0.4, 0.5) is 0 Å². The number of imidazole rings is 1. The Morgan fingerprint density at radius 1 is 1.21 bits per heavy atom. The van der Waals surface area contributed by atoms with Crippen molar-refractivity contribution in [2.24, 2.45) is 0 Å². The first-order chi connectivity index (χ1) is 19.1. The van der Waals surface area contributed by atoms with Crippen LogP contribution in [0.25, 0.3) is 17.1 Å². The molecule has 6 rings (SSSR count). The lowest BCUT2D eigenvalue weighted by Crippen LogP contribution is -2.29. The fourth-order valence-electron chi connectivity index (χ4n) is 5.03. The lowest BCUT2D eigenvalue weighted by molar-refractivity contribution is -0.123. The molecule has 2 aromatic carbocycles. The zero-order valence-corrected chi connectivity index (χ0v) is 21.5. The maximum atomic E-state index is 13.2. The number of nitrogens with zero attached hydrogens (tertiary/aromatic N) is 4. The van der Waals surface area contributed by atoms with Crippen LogP contribution in [0.3, 0.4) is 0 Å². The first kappa shape index (κ1) is 24.7. The van der Waals surface area contributed by atoms with E-state index in [0.717, 1.165) is 29.7 Å². The summed E-state index contributed by atoms with van der Waals surface area (Å²) < 4.78 is 18.5. The van der Waals surface area contributed by atoms with Gasteiger partial charge in [-0.05, 0) is 54.8 Å². The second-order valence-electron chi connectivity index (χ2n) is 9.65. The summed E-state index contributed by atoms with van der Waals surface area (Å²) in [7, 11) is 1.54. The van der Waals surface area contributed by atoms with E-state index in [1.54, 1.807) is 37.6 Å². The molecular formula is C28H28N6O5. The first-order valence-corrected chi connectivity index (χ1v) is 12.9. The molecule has 0 saturated heterocycles.